The van der Waals surface area contributed by atoms with Crippen LogP contribution in [0.5, 0.6) is 11.5 Å². The number of nitrogens with one attached hydrogen (secondary N) is 1. The fourth-order valence-corrected chi connectivity index (χ4v) is 2.73. The lowest BCUT2D eigenvalue weighted by Gasteiger charge is -2.12. The van der Waals surface area contributed by atoms with Gasteiger partial charge in [-0.05, 0) is 12.1 Å². The number of rotatable bonds is 6. The summed E-state index contributed by atoms with van der Waals surface area (Å²) in [5.41, 5.74) is -0.0190. The molecule has 1 N–H and O–H groups in total. The summed E-state index contributed by atoms with van der Waals surface area (Å²) < 4.78 is 15.1. The molecule has 2 aromatic rings. The first-order chi connectivity index (χ1) is 12.8. The number of nitrogens with zero attached hydrogens (tertiary/aromatic N) is 1. The number of methoxy groups -OCH3 is 2. The minimum absolute atomic E-state index is 0.0947. The van der Waals surface area contributed by atoms with Crippen molar-refractivity contribution in [2.24, 2.45) is 0 Å². The summed E-state index contributed by atoms with van der Waals surface area (Å²) in [7, 11) is 2.92. The Morgan fingerprint density at radius 1 is 1.04 bits per heavy atom. The molecule has 7 nitrogen and oxygen atoms in total. The Bertz CT molecular complexity index is 892. The van der Waals surface area contributed by atoms with E-state index >= 15 is 0 Å². The third kappa shape index (κ3) is 5.07. The average Bonchev–Trinajstić information content (AvgIpc) is 2.67. The van der Waals surface area contributed by atoms with Crippen LogP contribution in [0.1, 0.15) is 10.5 Å². The Morgan fingerprint density at radius 3 is 2.37 bits per heavy atom. The van der Waals surface area contributed by atoms with E-state index in [2.05, 4.69) is 10.3 Å². The monoisotopic (exact) mass is 452 g/mol. The van der Waals surface area contributed by atoms with Crippen LogP contribution in [0.15, 0.2) is 18.2 Å². The van der Waals surface area contributed by atoms with Gasteiger partial charge in [0.25, 0.3) is 5.91 Å². The fourth-order valence-electron chi connectivity index (χ4n) is 1.92. The van der Waals surface area contributed by atoms with Crippen LogP contribution in [-0.4, -0.2) is 37.7 Å². The molecule has 0 saturated carbocycles. The molecule has 0 saturated heterocycles. The molecular formula is C16H12Cl4N2O5. The molecule has 27 heavy (non-hydrogen) atoms. The smallest absolute Gasteiger partial charge is 0.359 e. The number of aromatic nitrogens is 1. The Balaban J connectivity index is 2.07. The predicted molar refractivity (Wildman–Crippen MR) is 103 cm³/mol. The molecule has 1 heterocycles. The van der Waals surface area contributed by atoms with Gasteiger partial charge in [-0.1, -0.05) is 46.4 Å². The van der Waals surface area contributed by atoms with E-state index in [0.717, 1.165) is 0 Å². The van der Waals surface area contributed by atoms with E-state index in [9.17, 15) is 9.59 Å². The minimum atomic E-state index is -0.992. The standard InChI is InChI=1S/C16H12Cl4N2O5/c1-25-7-3-4-9(26-2)8(5-7)21-10(23)6-27-16(24)14-12(18)11(17)13(19)15(20)22-14/h3-5H,6H2,1-2H3,(H,21,23). The predicted octanol–water partition coefficient (Wildman–Crippen LogP) is 4.51. The number of ether oxygens (including phenoxy) is 3. The maximum absolute atomic E-state index is 12.1. The molecule has 0 aliphatic heterocycles. The van der Waals surface area contributed by atoms with Crippen molar-refractivity contribution in [1.29, 1.82) is 0 Å². The molecule has 0 unspecified atom stereocenters. The first-order valence-electron chi connectivity index (χ1n) is 7.17. The number of carbonyl (C=O) groups is 2. The molecule has 0 aliphatic carbocycles. The summed E-state index contributed by atoms with van der Waals surface area (Å²) in [4.78, 5) is 27.9. The number of hydrogen-bond acceptors (Lipinski definition) is 6. The Kier molecular flexibility index (Phi) is 7.38. The van der Waals surface area contributed by atoms with Gasteiger partial charge in [-0.15, -0.1) is 0 Å². The zero-order chi connectivity index (χ0) is 20.1. The van der Waals surface area contributed by atoms with Gasteiger partial charge in [-0.25, -0.2) is 9.78 Å². The van der Waals surface area contributed by atoms with Crippen LogP contribution in [0.2, 0.25) is 20.2 Å². The summed E-state index contributed by atoms with van der Waals surface area (Å²) in [5.74, 6) is -0.716. The van der Waals surface area contributed by atoms with Crippen molar-refractivity contribution < 1.29 is 23.8 Å². The largest absolute Gasteiger partial charge is 0.497 e. The lowest BCUT2D eigenvalue weighted by Crippen LogP contribution is -2.22. The molecular weight excluding hydrogens is 442 g/mol. The molecule has 0 bridgehead atoms. The third-order valence-electron chi connectivity index (χ3n) is 3.19. The number of pyridine rings is 1. The van der Waals surface area contributed by atoms with Crippen molar-refractivity contribution in [3.63, 3.8) is 0 Å². The topological polar surface area (TPSA) is 86.8 Å². The second-order valence-electron chi connectivity index (χ2n) is 4.88. The molecule has 1 aromatic carbocycles. The van der Waals surface area contributed by atoms with E-state index in [4.69, 9.17) is 60.6 Å². The van der Waals surface area contributed by atoms with Gasteiger partial charge in [0.1, 0.15) is 16.7 Å². The van der Waals surface area contributed by atoms with E-state index in [1.807, 2.05) is 0 Å². The molecule has 0 radical (unpaired) electrons. The van der Waals surface area contributed by atoms with Crippen molar-refractivity contribution in [2.45, 2.75) is 0 Å². The molecule has 0 atom stereocenters. The summed E-state index contributed by atoms with van der Waals surface area (Å²) in [6.07, 6.45) is 0. The van der Waals surface area contributed by atoms with Crippen LogP contribution in [0.3, 0.4) is 0 Å². The molecule has 0 fully saturated rings. The maximum Gasteiger partial charge on any atom is 0.359 e. The zero-order valence-corrected chi connectivity index (χ0v) is 17.0. The van der Waals surface area contributed by atoms with E-state index in [1.165, 1.54) is 14.2 Å². The molecule has 1 amide bonds. The second-order valence-corrected chi connectivity index (χ2v) is 6.38. The van der Waals surface area contributed by atoms with Gasteiger partial charge in [-0.3, -0.25) is 4.79 Å². The van der Waals surface area contributed by atoms with Crippen molar-refractivity contribution >= 4 is 64.0 Å². The van der Waals surface area contributed by atoms with Crippen molar-refractivity contribution in [1.82, 2.24) is 4.98 Å². The van der Waals surface area contributed by atoms with Crippen LogP contribution in [0, 0.1) is 0 Å². The van der Waals surface area contributed by atoms with Gasteiger partial charge >= 0.3 is 5.97 Å². The molecule has 144 valence electrons. The SMILES string of the molecule is COc1ccc(OC)c(NC(=O)COC(=O)c2nc(Cl)c(Cl)c(Cl)c2Cl)c1. The van der Waals surface area contributed by atoms with Crippen LogP contribution >= 0.6 is 46.4 Å². The van der Waals surface area contributed by atoms with E-state index < -0.39 is 18.5 Å². The summed E-state index contributed by atoms with van der Waals surface area (Å²) in [6.45, 7) is -0.616. The Labute approximate surface area is 174 Å². The first-order valence-corrected chi connectivity index (χ1v) is 8.68. The summed E-state index contributed by atoms with van der Waals surface area (Å²) >= 11 is 23.3. The van der Waals surface area contributed by atoms with Crippen LogP contribution in [0.4, 0.5) is 5.69 Å². The highest BCUT2D eigenvalue weighted by Crippen LogP contribution is 2.36. The highest BCUT2D eigenvalue weighted by molar-refractivity contribution is 6.52. The maximum atomic E-state index is 12.1. The normalized spacial score (nSPS) is 10.3. The Hall–Kier alpha value is -1.93. The van der Waals surface area contributed by atoms with E-state index in [-0.39, 0.29) is 25.9 Å². The van der Waals surface area contributed by atoms with E-state index in [1.54, 1.807) is 18.2 Å². The molecule has 2 rings (SSSR count). The van der Waals surface area contributed by atoms with Crippen LogP contribution < -0.4 is 14.8 Å². The average molecular weight is 454 g/mol. The number of halogens is 4. The number of benzene rings is 1. The first kappa shape index (κ1) is 21.4. The number of amides is 1. The van der Waals surface area contributed by atoms with Gasteiger partial charge in [0, 0.05) is 6.07 Å². The van der Waals surface area contributed by atoms with Gasteiger partial charge in [0.2, 0.25) is 0 Å². The number of carbonyl (C=O) groups excluding carboxylic acids is 2. The second kappa shape index (κ2) is 9.32. The van der Waals surface area contributed by atoms with Crippen LogP contribution in [0.25, 0.3) is 0 Å². The molecule has 11 heteroatoms. The number of anilines is 1. The zero-order valence-electron chi connectivity index (χ0n) is 13.9. The fraction of sp³-hybridized carbons (Fsp3) is 0.188. The summed E-state index contributed by atoms with van der Waals surface area (Å²) in [6, 6.07) is 4.83. The highest BCUT2D eigenvalue weighted by atomic mass is 35.5. The summed E-state index contributed by atoms with van der Waals surface area (Å²) in [5, 5.41) is 1.85. The van der Waals surface area contributed by atoms with E-state index in [0.29, 0.717) is 17.2 Å². The number of hydrogen-bond donors (Lipinski definition) is 1. The minimum Gasteiger partial charge on any atom is -0.497 e. The van der Waals surface area contributed by atoms with Crippen molar-refractivity contribution in [3.05, 3.63) is 44.1 Å². The van der Waals surface area contributed by atoms with Gasteiger partial charge < -0.3 is 19.5 Å². The van der Waals surface area contributed by atoms with Gasteiger partial charge in [0.05, 0.1) is 35.0 Å². The van der Waals surface area contributed by atoms with Gasteiger partial charge in [-0.2, -0.15) is 0 Å². The van der Waals surface area contributed by atoms with Crippen molar-refractivity contribution in [3.8, 4) is 11.5 Å². The van der Waals surface area contributed by atoms with Crippen LogP contribution in [-0.2, 0) is 9.53 Å². The molecule has 1 aromatic heterocycles. The lowest BCUT2D eigenvalue weighted by molar-refractivity contribution is -0.119. The lowest BCUT2D eigenvalue weighted by atomic mass is 10.2. The molecule has 0 aliphatic rings. The van der Waals surface area contributed by atoms with Gasteiger partial charge in [0.15, 0.2) is 12.3 Å². The Morgan fingerprint density at radius 2 is 1.74 bits per heavy atom. The highest BCUT2D eigenvalue weighted by Gasteiger charge is 2.22. The number of esters is 1. The van der Waals surface area contributed by atoms with Crippen molar-refractivity contribution in [2.75, 3.05) is 26.1 Å². The quantitative estimate of drug-likeness (QED) is 0.511. The molecule has 0 spiro atoms. The third-order valence-corrected chi connectivity index (χ3v) is 4.87.